The molecule has 0 aliphatic rings. The molecule has 3 aromatic carbocycles. The van der Waals surface area contributed by atoms with E-state index in [1.54, 1.807) is 41.3 Å². The summed E-state index contributed by atoms with van der Waals surface area (Å²) < 4.78 is 13.1. The van der Waals surface area contributed by atoms with Crippen molar-refractivity contribution in [2.75, 3.05) is 0 Å². The average Bonchev–Trinajstić information content (AvgIpc) is 2.79. The molecule has 0 saturated carbocycles. The first-order valence-corrected chi connectivity index (χ1v) is 9.83. The lowest BCUT2D eigenvalue weighted by Gasteiger charge is -2.21. The van der Waals surface area contributed by atoms with Crippen molar-refractivity contribution in [2.24, 2.45) is 0 Å². The van der Waals surface area contributed by atoms with Crippen LogP contribution < -0.4 is 5.56 Å². The van der Waals surface area contributed by atoms with E-state index in [1.165, 1.54) is 18.2 Å². The summed E-state index contributed by atoms with van der Waals surface area (Å²) in [5.41, 5.74) is 2.01. The van der Waals surface area contributed by atoms with Crippen molar-refractivity contribution < 1.29 is 9.18 Å². The lowest BCUT2D eigenvalue weighted by Crippen LogP contribution is -2.30. The van der Waals surface area contributed by atoms with Crippen LogP contribution in [-0.2, 0) is 17.9 Å². The number of hydrogen-bond donors (Lipinski definition) is 1. The van der Waals surface area contributed by atoms with E-state index in [0.717, 1.165) is 5.56 Å². The number of H-pyrrole nitrogens is 1. The third-order valence-electron chi connectivity index (χ3n) is 4.82. The molecule has 0 aliphatic carbocycles. The fourth-order valence-corrected chi connectivity index (χ4v) is 3.25. The van der Waals surface area contributed by atoms with E-state index >= 15 is 0 Å². The highest BCUT2D eigenvalue weighted by molar-refractivity contribution is 5.91. The van der Waals surface area contributed by atoms with Crippen molar-refractivity contribution in [1.82, 2.24) is 14.9 Å². The fraction of sp³-hybridized carbons (Fsp3) is 0.0800. The van der Waals surface area contributed by atoms with Crippen LogP contribution in [0, 0.1) is 5.82 Å². The van der Waals surface area contributed by atoms with Crippen molar-refractivity contribution in [1.29, 1.82) is 0 Å². The third-order valence-corrected chi connectivity index (χ3v) is 4.82. The van der Waals surface area contributed by atoms with E-state index in [-0.39, 0.29) is 23.8 Å². The van der Waals surface area contributed by atoms with Gasteiger partial charge in [0.15, 0.2) is 0 Å². The van der Waals surface area contributed by atoms with Gasteiger partial charge in [-0.05, 0) is 41.5 Å². The van der Waals surface area contributed by atoms with Crippen LogP contribution in [0.2, 0.25) is 0 Å². The molecule has 1 amide bonds. The van der Waals surface area contributed by atoms with Gasteiger partial charge in [0.1, 0.15) is 11.6 Å². The molecule has 154 valence electrons. The summed E-state index contributed by atoms with van der Waals surface area (Å²) >= 11 is 0. The van der Waals surface area contributed by atoms with E-state index in [1.807, 2.05) is 36.4 Å². The van der Waals surface area contributed by atoms with Crippen LogP contribution in [0.5, 0.6) is 0 Å². The predicted molar refractivity (Wildman–Crippen MR) is 118 cm³/mol. The number of rotatable bonds is 6. The summed E-state index contributed by atoms with van der Waals surface area (Å²) in [6, 6.07) is 22.5. The standard InChI is InChI=1S/C25H20FN3O2/c26-20-13-10-18(11-14-20)12-15-24(30)29(16-19-6-2-1-3-7-19)17-23-27-22-9-5-4-8-21(22)25(31)28-23/h1-15H,16-17H2,(H,27,28,31)/b15-12+. The SMILES string of the molecule is O=C(/C=C/c1ccc(F)cc1)N(Cc1ccccc1)Cc1nc2ccccc2c(=O)[nH]1. The Hall–Kier alpha value is -4.06. The van der Waals surface area contributed by atoms with Crippen LogP contribution in [0.1, 0.15) is 17.0 Å². The molecule has 0 fully saturated rings. The van der Waals surface area contributed by atoms with Gasteiger partial charge in [0.25, 0.3) is 5.56 Å². The van der Waals surface area contributed by atoms with Crippen LogP contribution >= 0.6 is 0 Å². The molecule has 6 heteroatoms. The zero-order valence-corrected chi connectivity index (χ0v) is 16.7. The molecule has 0 atom stereocenters. The monoisotopic (exact) mass is 413 g/mol. The van der Waals surface area contributed by atoms with Crippen LogP contribution in [0.25, 0.3) is 17.0 Å². The first-order valence-electron chi connectivity index (χ1n) is 9.83. The molecule has 0 spiro atoms. The maximum absolute atomic E-state index is 13.1. The Morgan fingerprint density at radius 3 is 2.42 bits per heavy atom. The number of halogens is 1. The van der Waals surface area contributed by atoms with Crippen LogP contribution in [-0.4, -0.2) is 20.8 Å². The first-order chi connectivity index (χ1) is 15.1. The molecule has 31 heavy (non-hydrogen) atoms. The molecule has 4 aromatic rings. The zero-order valence-electron chi connectivity index (χ0n) is 16.7. The highest BCUT2D eigenvalue weighted by Crippen LogP contribution is 2.12. The van der Waals surface area contributed by atoms with E-state index in [4.69, 9.17) is 0 Å². The van der Waals surface area contributed by atoms with Gasteiger partial charge in [-0.25, -0.2) is 9.37 Å². The van der Waals surface area contributed by atoms with Crippen LogP contribution in [0.4, 0.5) is 4.39 Å². The van der Waals surface area contributed by atoms with Gasteiger partial charge in [0.2, 0.25) is 5.91 Å². The smallest absolute Gasteiger partial charge is 0.258 e. The largest absolute Gasteiger partial charge is 0.327 e. The fourth-order valence-electron chi connectivity index (χ4n) is 3.25. The van der Waals surface area contributed by atoms with Gasteiger partial charge in [-0.2, -0.15) is 0 Å². The summed E-state index contributed by atoms with van der Waals surface area (Å²) in [5.74, 6) is -0.173. The van der Waals surface area contributed by atoms with Gasteiger partial charge in [-0.15, -0.1) is 0 Å². The van der Waals surface area contributed by atoms with Crippen molar-refractivity contribution in [3.63, 3.8) is 0 Å². The highest BCUT2D eigenvalue weighted by atomic mass is 19.1. The molecular formula is C25H20FN3O2. The maximum atomic E-state index is 13.1. The molecule has 1 N–H and O–H groups in total. The Morgan fingerprint density at radius 2 is 1.65 bits per heavy atom. The van der Waals surface area contributed by atoms with Gasteiger partial charge in [0, 0.05) is 12.6 Å². The van der Waals surface area contributed by atoms with Gasteiger partial charge in [-0.1, -0.05) is 54.6 Å². The maximum Gasteiger partial charge on any atom is 0.258 e. The number of carbonyl (C=O) groups is 1. The Bertz CT molecular complexity index is 1280. The van der Waals surface area contributed by atoms with E-state index in [9.17, 15) is 14.0 Å². The molecule has 0 aliphatic heterocycles. The van der Waals surface area contributed by atoms with Gasteiger partial charge < -0.3 is 9.88 Å². The number of para-hydroxylation sites is 1. The van der Waals surface area contributed by atoms with Crippen molar-refractivity contribution in [3.05, 3.63) is 118 Å². The van der Waals surface area contributed by atoms with E-state index in [2.05, 4.69) is 9.97 Å². The molecular weight excluding hydrogens is 393 g/mol. The molecule has 4 rings (SSSR count). The van der Waals surface area contributed by atoms with Gasteiger partial charge >= 0.3 is 0 Å². The average molecular weight is 413 g/mol. The molecule has 0 bridgehead atoms. The van der Waals surface area contributed by atoms with E-state index < -0.39 is 0 Å². The lowest BCUT2D eigenvalue weighted by atomic mass is 10.2. The summed E-state index contributed by atoms with van der Waals surface area (Å²) in [4.78, 5) is 34.3. The minimum atomic E-state index is -0.333. The Kier molecular flexibility index (Phi) is 5.98. The van der Waals surface area contributed by atoms with Crippen molar-refractivity contribution in [3.8, 4) is 0 Å². The van der Waals surface area contributed by atoms with Gasteiger partial charge in [0.05, 0.1) is 17.4 Å². The Morgan fingerprint density at radius 1 is 0.935 bits per heavy atom. The summed E-state index contributed by atoms with van der Waals surface area (Å²) in [6.45, 7) is 0.492. The summed E-state index contributed by atoms with van der Waals surface area (Å²) in [5, 5.41) is 0.503. The number of benzene rings is 3. The second-order valence-electron chi connectivity index (χ2n) is 7.09. The molecule has 0 radical (unpaired) electrons. The topological polar surface area (TPSA) is 66.1 Å². The Labute approximate surface area is 178 Å². The predicted octanol–water partition coefficient (Wildman–Crippen LogP) is 4.30. The number of fused-ring (bicyclic) bond motifs is 1. The van der Waals surface area contributed by atoms with Gasteiger partial charge in [-0.3, -0.25) is 9.59 Å². The van der Waals surface area contributed by atoms with Crippen LogP contribution in [0.3, 0.4) is 0 Å². The number of nitrogens with one attached hydrogen (secondary N) is 1. The number of carbonyl (C=O) groups excluding carboxylic acids is 1. The zero-order chi connectivity index (χ0) is 21.6. The minimum absolute atomic E-state index is 0.140. The summed E-state index contributed by atoms with van der Waals surface area (Å²) in [6.07, 6.45) is 3.08. The lowest BCUT2D eigenvalue weighted by molar-refractivity contribution is -0.127. The second kappa shape index (κ2) is 9.17. The molecule has 1 heterocycles. The van der Waals surface area contributed by atoms with E-state index in [0.29, 0.717) is 28.8 Å². The number of nitrogens with zero attached hydrogens (tertiary/aromatic N) is 2. The Balaban J connectivity index is 1.61. The third kappa shape index (κ3) is 5.11. The number of aromatic nitrogens is 2. The summed E-state index contributed by atoms with van der Waals surface area (Å²) in [7, 11) is 0. The molecule has 0 saturated heterocycles. The molecule has 1 aromatic heterocycles. The number of hydrogen-bond acceptors (Lipinski definition) is 3. The minimum Gasteiger partial charge on any atom is -0.327 e. The highest BCUT2D eigenvalue weighted by Gasteiger charge is 2.14. The van der Waals surface area contributed by atoms with Crippen molar-refractivity contribution >= 4 is 22.9 Å². The normalized spacial score (nSPS) is 11.1. The van der Waals surface area contributed by atoms with Crippen molar-refractivity contribution in [2.45, 2.75) is 13.1 Å². The molecule has 5 nitrogen and oxygen atoms in total. The second-order valence-corrected chi connectivity index (χ2v) is 7.09. The number of amides is 1. The quantitative estimate of drug-likeness (QED) is 0.479. The molecule has 0 unspecified atom stereocenters. The first kappa shape index (κ1) is 20.2. The van der Waals surface area contributed by atoms with Crippen LogP contribution in [0.15, 0.2) is 89.7 Å². The number of aromatic amines is 1.